The molecular weight excluding hydrogens is 178 g/mol. The van der Waals surface area contributed by atoms with Crippen LogP contribution in [0.4, 0.5) is 0 Å². The van der Waals surface area contributed by atoms with E-state index in [9.17, 15) is 0 Å². The smallest absolute Gasteiger partial charge is 0.144 e. The summed E-state index contributed by atoms with van der Waals surface area (Å²) in [6.07, 6.45) is 0.702. The Labute approximate surface area is 83.8 Å². The topological polar surface area (TPSA) is 44.5 Å². The van der Waals surface area contributed by atoms with Gasteiger partial charge in [-0.2, -0.15) is 0 Å². The minimum absolute atomic E-state index is 0.474. The minimum Gasteiger partial charge on any atom is -0.375 e. The minimum atomic E-state index is -0.639. The Balaban J connectivity index is 2.02. The fourth-order valence-corrected chi connectivity index (χ4v) is 1.63. The maximum atomic E-state index is 6.04. The molecule has 0 bridgehead atoms. The first kappa shape index (κ1) is 9.65. The highest BCUT2D eigenvalue weighted by Crippen LogP contribution is 2.15. The number of hydrogen-bond acceptors (Lipinski definition) is 3. The summed E-state index contributed by atoms with van der Waals surface area (Å²) in [4.78, 5) is 0. The van der Waals surface area contributed by atoms with Crippen LogP contribution in [0.1, 0.15) is 5.56 Å². The fourth-order valence-electron chi connectivity index (χ4n) is 1.63. The summed E-state index contributed by atoms with van der Waals surface area (Å²) in [5.41, 5.74) is 6.59. The maximum absolute atomic E-state index is 6.04. The van der Waals surface area contributed by atoms with Gasteiger partial charge in [0.15, 0.2) is 0 Å². The lowest BCUT2D eigenvalue weighted by molar-refractivity contribution is -0.153. The second kappa shape index (κ2) is 4.09. The van der Waals surface area contributed by atoms with Gasteiger partial charge in [0, 0.05) is 6.42 Å². The molecule has 1 aromatic carbocycles. The van der Waals surface area contributed by atoms with E-state index in [4.69, 9.17) is 15.2 Å². The second-order valence-corrected chi connectivity index (χ2v) is 3.63. The predicted octanol–water partition coefficient (Wildman–Crippen LogP) is 0.931. The molecule has 1 aliphatic heterocycles. The van der Waals surface area contributed by atoms with Crippen LogP contribution in [0.2, 0.25) is 0 Å². The third-order valence-corrected chi connectivity index (χ3v) is 2.31. The Hall–Kier alpha value is -0.900. The average Bonchev–Trinajstić information content (AvgIpc) is 2.19. The third kappa shape index (κ3) is 2.32. The number of hydrogen-bond donors (Lipinski definition) is 1. The van der Waals surface area contributed by atoms with Crippen molar-refractivity contribution in [3.05, 3.63) is 35.9 Å². The highest BCUT2D eigenvalue weighted by Gasteiger charge is 2.29. The highest BCUT2D eigenvalue weighted by molar-refractivity contribution is 5.16. The van der Waals surface area contributed by atoms with Gasteiger partial charge in [0.25, 0.3) is 0 Å². The summed E-state index contributed by atoms with van der Waals surface area (Å²) in [7, 11) is 0. The first-order valence-electron chi connectivity index (χ1n) is 4.83. The number of ether oxygens (including phenoxy) is 2. The molecule has 1 aliphatic rings. The van der Waals surface area contributed by atoms with Crippen LogP contribution in [0.3, 0.4) is 0 Å². The van der Waals surface area contributed by atoms with Gasteiger partial charge in [-0.1, -0.05) is 30.3 Å². The van der Waals surface area contributed by atoms with Gasteiger partial charge in [-0.05, 0) is 5.56 Å². The van der Waals surface area contributed by atoms with E-state index in [2.05, 4.69) is 0 Å². The van der Waals surface area contributed by atoms with E-state index < -0.39 is 5.72 Å². The molecule has 1 fully saturated rings. The van der Waals surface area contributed by atoms with Gasteiger partial charge in [0.05, 0.1) is 19.8 Å². The van der Waals surface area contributed by atoms with Gasteiger partial charge in [-0.25, -0.2) is 0 Å². The average molecular weight is 193 g/mol. The number of nitrogens with two attached hydrogens (primary N) is 1. The molecule has 0 saturated carbocycles. The number of rotatable bonds is 2. The summed E-state index contributed by atoms with van der Waals surface area (Å²) in [5.74, 6) is 0. The van der Waals surface area contributed by atoms with E-state index in [1.54, 1.807) is 0 Å². The SMILES string of the molecule is NC1(Cc2ccccc2)COCCO1. The van der Waals surface area contributed by atoms with E-state index in [0.717, 1.165) is 0 Å². The molecule has 0 radical (unpaired) electrons. The van der Waals surface area contributed by atoms with Crippen LogP contribution in [0.5, 0.6) is 0 Å². The molecule has 0 aliphatic carbocycles. The lowest BCUT2D eigenvalue weighted by atomic mass is 10.0. The summed E-state index contributed by atoms with van der Waals surface area (Å²) >= 11 is 0. The van der Waals surface area contributed by atoms with Gasteiger partial charge in [0.1, 0.15) is 5.72 Å². The molecule has 0 spiro atoms. The van der Waals surface area contributed by atoms with Gasteiger partial charge >= 0.3 is 0 Å². The predicted molar refractivity (Wildman–Crippen MR) is 53.8 cm³/mol. The zero-order valence-corrected chi connectivity index (χ0v) is 8.11. The Morgan fingerprint density at radius 2 is 2.00 bits per heavy atom. The molecule has 76 valence electrons. The molecule has 1 unspecified atom stereocenters. The molecule has 2 rings (SSSR count). The van der Waals surface area contributed by atoms with Crippen molar-refractivity contribution in [2.75, 3.05) is 19.8 Å². The Bertz CT molecular complexity index is 281. The van der Waals surface area contributed by atoms with Crippen LogP contribution < -0.4 is 5.73 Å². The Morgan fingerprint density at radius 3 is 2.64 bits per heavy atom. The summed E-state index contributed by atoms with van der Waals surface area (Å²) < 4.78 is 10.8. The Morgan fingerprint density at radius 1 is 1.21 bits per heavy atom. The molecule has 0 aromatic heterocycles. The van der Waals surface area contributed by atoms with Crippen LogP contribution in [-0.2, 0) is 15.9 Å². The van der Waals surface area contributed by atoms with Crippen molar-refractivity contribution < 1.29 is 9.47 Å². The first-order valence-corrected chi connectivity index (χ1v) is 4.83. The van der Waals surface area contributed by atoms with Crippen LogP contribution >= 0.6 is 0 Å². The van der Waals surface area contributed by atoms with E-state index in [0.29, 0.717) is 26.2 Å². The van der Waals surface area contributed by atoms with Gasteiger partial charge < -0.3 is 15.2 Å². The van der Waals surface area contributed by atoms with Crippen molar-refractivity contribution in [3.8, 4) is 0 Å². The molecular formula is C11H15NO2. The Kier molecular flexibility index (Phi) is 2.82. The van der Waals surface area contributed by atoms with E-state index in [1.165, 1.54) is 5.56 Å². The monoisotopic (exact) mass is 193 g/mol. The van der Waals surface area contributed by atoms with E-state index in [1.807, 2.05) is 30.3 Å². The van der Waals surface area contributed by atoms with Crippen molar-refractivity contribution in [1.82, 2.24) is 0 Å². The van der Waals surface area contributed by atoms with Gasteiger partial charge in [-0.15, -0.1) is 0 Å². The molecule has 14 heavy (non-hydrogen) atoms. The molecule has 3 nitrogen and oxygen atoms in total. The van der Waals surface area contributed by atoms with Crippen molar-refractivity contribution >= 4 is 0 Å². The zero-order chi connectivity index (χ0) is 9.86. The molecule has 3 heteroatoms. The van der Waals surface area contributed by atoms with Crippen molar-refractivity contribution in [2.24, 2.45) is 5.73 Å². The second-order valence-electron chi connectivity index (χ2n) is 3.63. The van der Waals surface area contributed by atoms with Crippen molar-refractivity contribution in [3.63, 3.8) is 0 Å². The lowest BCUT2D eigenvalue weighted by Crippen LogP contribution is -2.52. The summed E-state index contributed by atoms with van der Waals surface area (Å²) in [6, 6.07) is 10.1. The number of benzene rings is 1. The first-order chi connectivity index (χ1) is 6.79. The highest BCUT2D eigenvalue weighted by atomic mass is 16.6. The van der Waals surface area contributed by atoms with E-state index >= 15 is 0 Å². The largest absolute Gasteiger partial charge is 0.375 e. The molecule has 1 atom stereocenters. The molecule has 1 aromatic rings. The summed E-state index contributed by atoms with van der Waals surface area (Å²) in [6.45, 7) is 1.71. The van der Waals surface area contributed by atoms with E-state index in [-0.39, 0.29) is 0 Å². The van der Waals surface area contributed by atoms with Gasteiger partial charge in [0.2, 0.25) is 0 Å². The van der Waals surface area contributed by atoms with Crippen LogP contribution in [0.25, 0.3) is 0 Å². The molecule has 1 saturated heterocycles. The molecule has 1 heterocycles. The van der Waals surface area contributed by atoms with Crippen LogP contribution in [0.15, 0.2) is 30.3 Å². The third-order valence-electron chi connectivity index (χ3n) is 2.31. The normalized spacial score (nSPS) is 27.5. The standard InChI is InChI=1S/C11H15NO2/c12-11(9-13-6-7-14-11)8-10-4-2-1-3-5-10/h1-5H,6-9,12H2. The lowest BCUT2D eigenvalue weighted by Gasteiger charge is -2.33. The van der Waals surface area contributed by atoms with Crippen LogP contribution in [-0.4, -0.2) is 25.5 Å². The van der Waals surface area contributed by atoms with Crippen molar-refractivity contribution in [2.45, 2.75) is 12.1 Å². The maximum Gasteiger partial charge on any atom is 0.144 e. The quantitative estimate of drug-likeness (QED) is 0.760. The van der Waals surface area contributed by atoms with Crippen LogP contribution in [0, 0.1) is 0 Å². The zero-order valence-electron chi connectivity index (χ0n) is 8.11. The summed E-state index contributed by atoms with van der Waals surface area (Å²) in [5, 5.41) is 0. The van der Waals surface area contributed by atoms with Gasteiger partial charge in [-0.3, -0.25) is 0 Å². The molecule has 0 amide bonds. The van der Waals surface area contributed by atoms with Crippen molar-refractivity contribution in [1.29, 1.82) is 0 Å². The fraction of sp³-hybridized carbons (Fsp3) is 0.455. The molecule has 2 N–H and O–H groups in total.